The SMILES string of the molecule is COc1ccc(OC(F)F)c(CN2CCNC(C)C2)c1. The van der Waals surface area contributed by atoms with E-state index in [9.17, 15) is 8.78 Å². The summed E-state index contributed by atoms with van der Waals surface area (Å²) in [7, 11) is 1.56. The van der Waals surface area contributed by atoms with Gasteiger partial charge in [0.25, 0.3) is 0 Å². The second-order valence-electron chi connectivity index (χ2n) is 4.94. The Kier molecular flexibility index (Phi) is 5.14. The number of halogens is 2. The molecule has 20 heavy (non-hydrogen) atoms. The molecule has 112 valence electrons. The zero-order valence-electron chi connectivity index (χ0n) is 11.7. The van der Waals surface area contributed by atoms with Crippen molar-refractivity contribution < 1.29 is 18.3 Å². The third-order valence-corrected chi connectivity index (χ3v) is 3.33. The van der Waals surface area contributed by atoms with Crippen molar-refractivity contribution in [3.63, 3.8) is 0 Å². The topological polar surface area (TPSA) is 33.7 Å². The summed E-state index contributed by atoms with van der Waals surface area (Å²) in [5, 5.41) is 3.35. The number of ether oxygens (including phenoxy) is 2. The molecule has 4 nitrogen and oxygen atoms in total. The van der Waals surface area contributed by atoms with Gasteiger partial charge in [-0.3, -0.25) is 4.90 Å². The first-order chi connectivity index (χ1) is 9.58. The lowest BCUT2D eigenvalue weighted by molar-refractivity contribution is -0.0508. The molecule has 0 amide bonds. The summed E-state index contributed by atoms with van der Waals surface area (Å²) in [4.78, 5) is 2.22. The van der Waals surface area contributed by atoms with Crippen LogP contribution in [0.25, 0.3) is 0 Å². The largest absolute Gasteiger partial charge is 0.497 e. The maximum Gasteiger partial charge on any atom is 0.387 e. The number of hydrogen-bond acceptors (Lipinski definition) is 4. The standard InChI is InChI=1S/C14H20F2N2O2/c1-10-8-18(6-5-17-10)9-11-7-12(19-2)3-4-13(11)20-14(15)16/h3-4,7,10,14,17H,5-6,8-9H2,1-2H3. The van der Waals surface area contributed by atoms with Gasteiger partial charge in [0.15, 0.2) is 0 Å². The Morgan fingerprint density at radius 3 is 2.90 bits per heavy atom. The normalized spacial score (nSPS) is 20.1. The van der Waals surface area contributed by atoms with Gasteiger partial charge in [-0.1, -0.05) is 0 Å². The number of nitrogens with one attached hydrogen (secondary N) is 1. The van der Waals surface area contributed by atoms with Gasteiger partial charge in [-0.25, -0.2) is 0 Å². The Labute approximate surface area is 117 Å². The number of methoxy groups -OCH3 is 1. The average Bonchev–Trinajstić information content (AvgIpc) is 2.40. The Balaban J connectivity index is 2.14. The molecule has 1 heterocycles. The monoisotopic (exact) mass is 286 g/mol. The smallest absolute Gasteiger partial charge is 0.387 e. The first-order valence-electron chi connectivity index (χ1n) is 6.66. The molecule has 2 rings (SSSR count). The molecule has 0 radical (unpaired) electrons. The molecule has 1 unspecified atom stereocenters. The summed E-state index contributed by atoms with van der Waals surface area (Å²) in [6, 6.07) is 5.31. The predicted octanol–water partition coefficient (Wildman–Crippen LogP) is 2.09. The Bertz CT molecular complexity index is 443. The first kappa shape index (κ1) is 15.0. The number of hydrogen-bond donors (Lipinski definition) is 1. The van der Waals surface area contributed by atoms with E-state index in [1.807, 2.05) is 0 Å². The molecule has 1 fully saturated rings. The molecule has 1 saturated heterocycles. The Hall–Kier alpha value is -1.40. The van der Waals surface area contributed by atoms with Crippen molar-refractivity contribution in [3.8, 4) is 11.5 Å². The lowest BCUT2D eigenvalue weighted by Crippen LogP contribution is -2.48. The number of piperazine rings is 1. The molecule has 1 N–H and O–H groups in total. The van der Waals surface area contributed by atoms with Crippen LogP contribution in [0.15, 0.2) is 18.2 Å². The van der Waals surface area contributed by atoms with E-state index in [2.05, 4.69) is 21.9 Å². The summed E-state index contributed by atoms with van der Waals surface area (Å²) in [5.74, 6) is 0.858. The molecule has 1 atom stereocenters. The fourth-order valence-corrected chi connectivity index (χ4v) is 2.41. The van der Waals surface area contributed by atoms with Crippen LogP contribution in [-0.4, -0.2) is 44.3 Å². The highest BCUT2D eigenvalue weighted by molar-refractivity contribution is 5.40. The fraction of sp³-hybridized carbons (Fsp3) is 0.571. The van der Waals surface area contributed by atoms with Crippen LogP contribution in [0.3, 0.4) is 0 Å². The van der Waals surface area contributed by atoms with Crippen LogP contribution in [-0.2, 0) is 6.54 Å². The number of alkyl halides is 2. The molecule has 1 aromatic rings. The molecule has 6 heteroatoms. The highest BCUT2D eigenvalue weighted by atomic mass is 19.3. The highest BCUT2D eigenvalue weighted by Crippen LogP contribution is 2.27. The zero-order chi connectivity index (χ0) is 14.5. The van der Waals surface area contributed by atoms with Gasteiger partial charge in [0, 0.05) is 37.8 Å². The van der Waals surface area contributed by atoms with Crippen molar-refractivity contribution in [1.82, 2.24) is 10.2 Å². The zero-order valence-corrected chi connectivity index (χ0v) is 11.7. The van der Waals surface area contributed by atoms with E-state index >= 15 is 0 Å². The summed E-state index contributed by atoms with van der Waals surface area (Å²) < 4.78 is 34.6. The van der Waals surface area contributed by atoms with Crippen molar-refractivity contribution in [2.45, 2.75) is 26.1 Å². The summed E-state index contributed by atoms with van der Waals surface area (Å²) in [6.45, 7) is 2.53. The average molecular weight is 286 g/mol. The Morgan fingerprint density at radius 1 is 1.45 bits per heavy atom. The molecular weight excluding hydrogens is 266 g/mol. The van der Waals surface area contributed by atoms with Gasteiger partial charge in [-0.15, -0.1) is 0 Å². The molecule has 0 aromatic heterocycles. The van der Waals surface area contributed by atoms with E-state index in [-0.39, 0.29) is 5.75 Å². The molecule has 0 aliphatic carbocycles. The minimum absolute atomic E-state index is 0.215. The second-order valence-corrected chi connectivity index (χ2v) is 4.94. The van der Waals surface area contributed by atoms with E-state index in [0.717, 1.165) is 25.2 Å². The van der Waals surface area contributed by atoms with E-state index in [1.165, 1.54) is 6.07 Å². The van der Waals surface area contributed by atoms with Crippen molar-refractivity contribution in [2.75, 3.05) is 26.7 Å². The maximum atomic E-state index is 12.4. The van der Waals surface area contributed by atoms with E-state index in [1.54, 1.807) is 19.2 Å². The molecule has 1 aliphatic heterocycles. The van der Waals surface area contributed by atoms with Crippen LogP contribution in [0, 0.1) is 0 Å². The van der Waals surface area contributed by atoms with Crippen LogP contribution in [0.4, 0.5) is 8.78 Å². The third-order valence-electron chi connectivity index (χ3n) is 3.33. The summed E-state index contributed by atoms with van der Waals surface area (Å²) in [6.07, 6.45) is 0. The highest BCUT2D eigenvalue weighted by Gasteiger charge is 2.18. The maximum absolute atomic E-state index is 12.4. The van der Waals surface area contributed by atoms with Crippen molar-refractivity contribution in [3.05, 3.63) is 23.8 Å². The minimum Gasteiger partial charge on any atom is -0.497 e. The van der Waals surface area contributed by atoms with Gasteiger partial charge >= 0.3 is 6.61 Å². The minimum atomic E-state index is -2.82. The van der Waals surface area contributed by atoms with E-state index in [4.69, 9.17) is 4.74 Å². The van der Waals surface area contributed by atoms with Crippen molar-refractivity contribution in [1.29, 1.82) is 0 Å². The molecule has 0 spiro atoms. The van der Waals surface area contributed by atoms with E-state index < -0.39 is 6.61 Å². The van der Waals surface area contributed by atoms with Gasteiger partial charge in [0.2, 0.25) is 0 Å². The van der Waals surface area contributed by atoms with Gasteiger partial charge in [-0.05, 0) is 25.1 Å². The molecule has 1 aromatic carbocycles. The van der Waals surface area contributed by atoms with Crippen LogP contribution >= 0.6 is 0 Å². The number of rotatable bonds is 5. The number of benzene rings is 1. The van der Waals surface area contributed by atoms with Crippen LogP contribution < -0.4 is 14.8 Å². The lowest BCUT2D eigenvalue weighted by Gasteiger charge is -2.32. The fourth-order valence-electron chi connectivity index (χ4n) is 2.41. The van der Waals surface area contributed by atoms with Gasteiger partial charge in [0.05, 0.1) is 7.11 Å². The molecular formula is C14H20F2N2O2. The quantitative estimate of drug-likeness (QED) is 0.898. The van der Waals surface area contributed by atoms with Gasteiger partial charge < -0.3 is 14.8 Å². The molecule has 0 bridgehead atoms. The lowest BCUT2D eigenvalue weighted by atomic mass is 10.1. The Morgan fingerprint density at radius 2 is 2.25 bits per heavy atom. The third kappa shape index (κ3) is 4.05. The van der Waals surface area contributed by atoms with Gasteiger partial charge in [-0.2, -0.15) is 8.78 Å². The number of nitrogens with zero attached hydrogens (tertiary/aromatic N) is 1. The van der Waals surface area contributed by atoms with Crippen LogP contribution in [0.1, 0.15) is 12.5 Å². The van der Waals surface area contributed by atoms with E-state index in [0.29, 0.717) is 18.3 Å². The first-order valence-corrected chi connectivity index (χ1v) is 6.66. The summed E-state index contributed by atoms with van der Waals surface area (Å²) in [5.41, 5.74) is 0.721. The van der Waals surface area contributed by atoms with Crippen LogP contribution in [0.2, 0.25) is 0 Å². The van der Waals surface area contributed by atoms with Crippen molar-refractivity contribution in [2.24, 2.45) is 0 Å². The summed E-state index contributed by atoms with van der Waals surface area (Å²) >= 11 is 0. The molecule has 1 aliphatic rings. The van der Waals surface area contributed by atoms with Crippen LogP contribution in [0.5, 0.6) is 11.5 Å². The van der Waals surface area contributed by atoms with Gasteiger partial charge in [0.1, 0.15) is 11.5 Å². The van der Waals surface area contributed by atoms with Crippen molar-refractivity contribution >= 4 is 0 Å². The predicted molar refractivity (Wildman–Crippen MR) is 72.4 cm³/mol. The molecule has 0 saturated carbocycles. The second kappa shape index (κ2) is 6.85.